The molecule has 0 aliphatic carbocycles. The van der Waals surface area contributed by atoms with Gasteiger partial charge in [-0.15, -0.1) is 0 Å². The van der Waals surface area contributed by atoms with E-state index >= 15 is 0 Å². The number of aromatic nitrogens is 4. The predicted molar refractivity (Wildman–Crippen MR) is 104 cm³/mol. The van der Waals surface area contributed by atoms with Gasteiger partial charge in [0.2, 0.25) is 0 Å². The van der Waals surface area contributed by atoms with Crippen LogP contribution in [0.1, 0.15) is 19.2 Å². The van der Waals surface area contributed by atoms with E-state index in [2.05, 4.69) is 49.7 Å². The molecule has 2 aromatic heterocycles. The third-order valence-electron chi connectivity index (χ3n) is 3.86. The highest BCUT2D eigenvalue weighted by Crippen LogP contribution is 2.16. The Morgan fingerprint density at radius 3 is 2.85 bits per heavy atom. The molecule has 0 bridgehead atoms. The van der Waals surface area contributed by atoms with Crippen molar-refractivity contribution in [2.24, 2.45) is 4.99 Å². The van der Waals surface area contributed by atoms with Crippen molar-refractivity contribution in [1.29, 1.82) is 0 Å². The summed E-state index contributed by atoms with van der Waals surface area (Å²) in [4.78, 5) is 12.4. The first-order chi connectivity index (χ1) is 12.8. The van der Waals surface area contributed by atoms with Gasteiger partial charge in [-0.3, -0.25) is 4.68 Å². The summed E-state index contributed by atoms with van der Waals surface area (Å²) in [6.07, 6.45) is 6.60. The molecule has 136 valence electrons. The third kappa shape index (κ3) is 5.20. The molecule has 0 unspecified atom stereocenters. The summed E-state index contributed by atoms with van der Waals surface area (Å²) in [5.41, 5.74) is 2.13. The Hall–Kier alpha value is -3.09. The molecule has 0 atom stereocenters. The Labute approximate surface area is 153 Å². The van der Waals surface area contributed by atoms with Crippen molar-refractivity contribution in [2.75, 3.05) is 13.1 Å². The Bertz CT molecular complexity index is 790. The van der Waals surface area contributed by atoms with E-state index in [1.165, 1.54) is 0 Å². The van der Waals surface area contributed by atoms with Gasteiger partial charge in [0.25, 0.3) is 0 Å². The SMILES string of the molecule is CCNC(=NCc1ncc(-c2ccccc2)[nH]1)NCCCn1cccn1. The number of H-pyrrole nitrogens is 1. The fraction of sp³-hybridized carbons (Fsp3) is 0.316. The molecule has 3 aromatic rings. The van der Waals surface area contributed by atoms with Gasteiger partial charge >= 0.3 is 0 Å². The average Bonchev–Trinajstić information content (AvgIpc) is 3.36. The summed E-state index contributed by atoms with van der Waals surface area (Å²) in [7, 11) is 0. The van der Waals surface area contributed by atoms with Gasteiger partial charge in [0.15, 0.2) is 5.96 Å². The van der Waals surface area contributed by atoms with Crippen LogP contribution in [-0.2, 0) is 13.1 Å². The Morgan fingerprint density at radius 1 is 1.19 bits per heavy atom. The van der Waals surface area contributed by atoms with Crippen LogP contribution in [0.15, 0.2) is 60.0 Å². The van der Waals surface area contributed by atoms with Crippen molar-refractivity contribution < 1.29 is 0 Å². The number of imidazole rings is 1. The first kappa shape index (κ1) is 17.7. The van der Waals surface area contributed by atoms with Crippen LogP contribution in [0, 0.1) is 0 Å². The molecule has 3 N–H and O–H groups in total. The topological polar surface area (TPSA) is 82.9 Å². The van der Waals surface area contributed by atoms with Gasteiger partial charge in [0.1, 0.15) is 12.4 Å². The average molecular weight is 351 g/mol. The number of hydrogen-bond donors (Lipinski definition) is 3. The number of aliphatic imine (C=N–C) groups is 1. The highest BCUT2D eigenvalue weighted by Gasteiger charge is 2.03. The first-order valence-corrected chi connectivity index (χ1v) is 8.94. The number of aromatic amines is 1. The van der Waals surface area contributed by atoms with Crippen LogP contribution in [-0.4, -0.2) is 38.8 Å². The molecule has 0 saturated heterocycles. The van der Waals surface area contributed by atoms with E-state index in [0.29, 0.717) is 6.54 Å². The molecule has 2 heterocycles. The fourth-order valence-electron chi connectivity index (χ4n) is 2.58. The van der Waals surface area contributed by atoms with Gasteiger partial charge in [-0.1, -0.05) is 30.3 Å². The third-order valence-corrected chi connectivity index (χ3v) is 3.86. The number of nitrogens with one attached hydrogen (secondary N) is 3. The quantitative estimate of drug-likeness (QED) is 0.331. The number of rotatable bonds is 8. The fourth-order valence-corrected chi connectivity index (χ4v) is 2.58. The van der Waals surface area contributed by atoms with Crippen LogP contribution in [0.4, 0.5) is 0 Å². The molecule has 0 fully saturated rings. The minimum atomic E-state index is 0.501. The van der Waals surface area contributed by atoms with Crippen molar-refractivity contribution in [2.45, 2.75) is 26.4 Å². The zero-order valence-electron chi connectivity index (χ0n) is 15.0. The summed E-state index contributed by atoms with van der Waals surface area (Å²) < 4.78 is 1.93. The predicted octanol–water partition coefficient (Wildman–Crippen LogP) is 2.42. The maximum absolute atomic E-state index is 4.60. The molecular weight excluding hydrogens is 326 g/mol. The zero-order valence-corrected chi connectivity index (χ0v) is 15.0. The van der Waals surface area contributed by atoms with Crippen LogP contribution in [0.25, 0.3) is 11.3 Å². The molecular formula is C19H25N7. The normalized spacial score (nSPS) is 11.5. The van der Waals surface area contributed by atoms with Crippen LogP contribution in [0.5, 0.6) is 0 Å². The summed E-state index contributed by atoms with van der Waals surface area (Å²) in [6, 6.07) is 12.1. The standard InChI is InChI=1S/C19H25N7/c1-2-20-19(21-10-6-12-26-13-7-11-24-26)23-15-18-22-14-17(25-18)16-8-4-3-5-9-16/h3-5,7-9,11,13-14H,2,6,10,12,15H2,1H3,(H,22,25)(H2,20,21,23). The van der Waals surface area contributed by atoms with Crippen LogP contribution in [0.2, 0.25) is 0 Å². The van der Waals surface area contributed by atoms with Gasteiger partial charge in [0.05, 0.1) is 11.9 Å². The number of guanidine groups is 1. The van der Waals surface area contributed by atoms with E-state index in [4.69, 9.17) is 0 Å². The lowest BCUT2D eigenvalue weighted by Crippen LogP contribution is -2.38. The second-order valence-corrected chi connectivity index (χ2v) is 5.85. The lowest BCUT2D eigenvalue weighted by atomic mass is 10.2. The van der Waals surface area contributed by atoms with Crippen LogP contribution >= 0.6 is 0 Å². The highest BCUT2D eigenvalue weighted by molar-refractivity contribution is 5.79. The van der Waals surface area contributed by atoms with Gasteiger partial charge < -0.3 is 15.6 Å². The van der Waals surface area contributed by atoms with E-state index in [-0.39, 0.29) is 0 Å². The Kier molecular flexibility index (Phi) is 6.41. The van der Waals surface area contributed by atoms with Gasteiger partial charge in [-0.25, -0.2) is 9.98 Å². The molecule has 0 saturated carbocycles. The molecule has 1 aromatic carbocycles. The number of benzene rings is 1. The molecule has 0 radical (unpaired) electrons. The van der Waals surface area contributed by atoms with Crippen molar-refractivity contribution in [1.82, 2.24) is 30.4 Å². The molecule has 0 aliphatic heterocycles. The largest absolute Gasteiger partial charge is 0.357 e. The van der Waals surface area contributed by atoms with Gasteiger partial charge in [-0.2, -0.15) is 5.10 Å². The number of hydrogen-bond acceptors (Lipinski definition) is 3. The monoisotopic (exact) mass is 351 g/mol. The number of nitrogens with zero attached hydrogens (tertiary/aromatic N) is 4. The van der Waals surface area contributed by atoms with Gasteiger partial charge in [-0.05, 0) is 25.0 Å². The summed E-state index contributed by atoms with van der Waals surface area (Å²) in [5.74, 6) is 1.64. The maximum Gasteiger partial charge on any atom is 0.191 e. The van der Waals surface area contributed by atoms with E-state index in [1.54, 1.807) is 6.20 Å². The van der Waals surface area contributed by atoms with Crippen molar-refractivity contribution >= 4 is 5.96 Å². The first-order valence-electron chi connectivity index (χ1n) is 8.94. The minimum absolute atomic E-state index is 0.501. The molecule has 0 amide bonds. The minimum Gasteiger partial charge on any atom is -0.357 e. The van der Waals surface area contributed by atoms with E-state index in [0.717, 1.165) is 49.1 Å². The van der Waals surface area contributed by atoms with Crippen molar-refractivity contribution in [3.8, 4) is 11.3 Å². The lowest BCUT2D eigenvalue weighted by Gasteiger charge is -2.11. The van der Waals surface area contributed by atoms with E-state index in [9.17, 15) is 0 Å². The van der Waals surface area contributed by atoms with Crippen molar-refractivity contribution in [3.05, 3.63) is 60.8 Å². The maximum atomic E-state index is 4.60. The lowest BCUT2D eigenvalue weighted by molar-refractivity contribution is 0.570. The van der Waals surface area contributed by atoms with Crippen LogP contribution in [0.3, 0.4) is 0 Å². The molecule has 0 spiro atoms. The van der Waals surface area contributed by atoms with Gasteiger partial charge in [0, 0.05) is 32.0 Å². The Balaban J connectivity index is 1.51. The zero-order chi connectivity index (χ0) is 18.0. The van der Waals surface area contributed by atoms with E-state index < -0.39 is 0 Å². The second-order valence-electron chi connectivity index (χ2n) is 5.85. The smallest absolute Gasteiger partial charge is 0.191 e. The van der Waals surface area contributed by atoms with Crippen molar-refractivity contribution in [3.63, 3.8) is 0 Å². The second kappa shape index (κ2) is 9.41. The molecule has 7 heteroatoms. The molecule has 0 aliphatic rings. The summed E-state index contributed by atoms with van der Waals surface area (Å²) in [5, 5.41) is 10.8. The number of aryl methyl sites for hydroxylation is 1. The Morgan fingerprint density at radius 2 is 2.08 bits per heavy atom. The van der Waals surface area contributed by atoms with Crippen LogP contribution < -0.4 is 10.6 Å². The summed E-state index contributed by atoms with van der Waals surface area (Å²) in [6.45, 7) is 5.10. The van der Waals surface area contributed by atoms with E-state index in [1.807, 2.05) is 41.3 Å². The molecule has 7 nitrogen and oxygen atoms in total. The highest BCUT2D eigenvalue weighted by atomic mass is 15.3. The molecule has 26 heavy (non-hydrogen) atoms. The summed E-state index contributed by atoms with van der Waals surface area (Å²) >= 11 is 0. The molecule has 3 rings (SSSR count).